The average Bonchev–Trinajstić information content (AvgIpc) is 3.48. The Bertz CT molecular complexity index is 1030. The van der Waals surface area contributed by atoms with Gasteiger partial charge >= 0.3 is 6.03 Å². The molecule has 3 aromatic rings. The minimum absolute atomic E-state index is 0.00579. The topological polar surface area (TPSA) is 49.3 Å². The highest BCUT2D eigenvalue weighted by Crippen LogP contribution is 2.41. The summed E-state index contributed by atoms with van der Waals surface area (Å²) in [7, 11) is 0. The van der Waals surface area contributed by atoms with Gasteiger partial charge in [-0.1, -0.05) is 51.1 Å². The van der Waals surface area contributed by atoms with Gasteiger partial charge in [-0.15, -0.1) is 11.3 Å². The van der Waals surface area contributed by atoms with Crippen LogP contribution in [0.25, 0.3) is 5.00 Å². The number of thiophene rings is 1. The number of hydrogen-bond donors (Lipinski definition) is 2. The fourth-order valence-corrected chi connectivity index (χ4v) is 5.95. The lowest BCUT2D eigenvalue weighted by Crippen LogP contribution is -2.38. The Labute approximate surface area is 201 Å². The monoisotopic (exact) mass is 464 g/mol. The first kappa shape index (κ1) is 23.6. The Hall–Kier alpha value is -2.57. The van der Waals surface area contributed by atoms with Gasteiger partial charge in [-0.25, -0.2) is 4.79 Å². The lowest BCUT2D eigenvalue weighted by molar-refractivity contribution is 0.235. The molecule has 6 heteroatoms. The molecule has 1 unspecified atom stereocenters. The maximum Gasteiger partial charge on any atom is 0.315 e. The second-order valence-electron chi connectivity index (χ2n) is 9.27. The summed E-state index contributed by atoms with van der Waals surface area (Å²) >= 11 is 1.89. The number of fused-ring (bicyclic) bond motifs is 1. The predicted octanol–water partition coefficient (Wildman–Crippen LogP) is 5.89. The van der Waals surface area contributed by atoms with Crippen molar-refractivity contribution in [3.8, 4) is 5.00 Å². The summed E-state index contributed by atoms with van der Waals surface area (Å²) in [5.74, 6) is 0.585. The van der Waals surface area contributed by atoms with Gasteiger partial charge in [0.2, 0.25) is 0 Å². The smallest absolute Gasteiger partial charge is 0.315 e. The summed E-state index contributed by atoms with van der Waals surface area (Å²) < 4.78 is 2.22. The molecule has 0 spiro atoms. The highest BCUT2D eigenvalue weighted by Gasteiger charge is 2.29. The summed E-state index contributed by atoms with van der Waals surface area (Å²) in [4.78, 5) is 16.9. The molecule has 0 bridgehead atoms. The molecule has 5 nitrogen and oxygen atoms in total. The van der Waals surface area contributed by atoms with E-state index >= 15 is 0 Å². The van der Waals surface area contributed by atoms with E-state index < -0.39 is 0 Å². The number of hydrogen-bond acceptors (Lipinski definition) is 3. The molecule has 1 atom stereocenters. The van der Waals surface area contributed by atoms with Gasteiger partial charge in [-0.2, -0.15) is 0 Å². The first-order valence-electron chi connectivity index (χ1n) is 12.1. The van der Waals surface area contributed by atoms with Crippen molar-refractivity contribution >= 4 is 17.4 Å². The van der Waals surface area contributed by atoms with Crippen LogP contribution in [0.15, 0.2) is 54.9 Å². The fraction of sp³-hybridized carbons (Fsp3) is 0.444. The van der Waals surface area contributed by atoms with Crippen molar-refractivity contribution in [2.75, 3.05) is 13.1 Å². The van der Waals surface area contributed by atoms with Crippen LogP contribution in [0, 0.1) is 5.92 Å². The Kier molecular flexibility index (Phi) is 7.89. The third-order valence-electron chi connectivity index (χ3n) is 6.43. The molecule has 1 aliphatic heterocycles. The maximum atomic E-state index is 13.0. The maximum absolute atomic E-state index is 13.0. The molecule has 33 heavy (non-hydrogen) atoms. The van der Waals surface area contributed by atoms with E-state index in [1.165, 1.54) is 21.0 Å². The molecule has 0 saturated carbocycles. The van der Waals surface area contributed by atoms with Crippen molar-refractivity contribution in [3.05, 3.63) is 76.4 Å². The standard InChI is InChI=1S/C27H36N4OS/c1-4-30-17-14-22-24(19-30)33-26(31-15-8-9-16-31)25(22)23(13-12-20(2)3)29-27(32)28-18-21-10-6-5-7-11-21/h5-11,15-16,20,23H,4,12-14,17-19H2,1-3H3,(H2,28,29,32). The van der Waals surface area contributed by atoms with Crippen molar-refractivity contribution in [3.63, 3.8) is 0 Å². The lowest BCUT2D eigenvalue weighted by atomic mass is 9.92. The number of benzene rings is 1. The predicted molar refractivity (Wildman–Crippen MR) is 137 cm³/mol. The SMILES string of the molecule is CCN1CCc2c(sc(-n3cccc3)c2C(CCC(C)C)NC(=O)NCc2ccccc2)C1. The van der Waals surface area contributed by atoms with E-state index in [4.69, 9.17) is 0 Å². The minimum Gasteiger partial charge on any atom is -0.334 e. The number of aromatic nitrogens is 1. The average molecular weight is 465 g/mol. The van der Waals surface area contributed by atoms with Gasteiger partial charge in [-0.05, 0) is 55.0 Å². The number of amides is 2. The summed E-state index contributed by atoms with van der Waals surface area (Å²) in [5, 5.41) is 7.67. The van der Waals surface area contributed by atoms with E-state index in [1.807, 2.05) is 41.7 Å². The number of likely N-dealkylation sites (N-methyl/N-ethyl adjacent to an activating group) is 1. The summed E-state index contributed by atoms with van der Waals surface area (Å²) in [6.07, 6.45) is 7.29. The van der Waals surface area contributed by atoms with Gasteiger partial charge in [0.1, 0.15) is 5.00 Å². The van der Waals surface area contributed by atoms with Crippen molar-refractivity contribution in [1.82, 2.24) is 20.1 Å². The van der Waals surface area contributed by atoms with Crippen LogP contribution in [0.4, 0.5) is 4.79 Å². The summed E-state index contributed by atoms with van der Waals surface area (Å²) in [5.41, 5.74) is 3.87. The number of carbonyl (C=O) groups excluding carboxylic acids is 1. The molecule has 2 N–H and O–H groups in total. The van der Waals surface area contributed by atoms with Gasteiger partial charge in [0.05, 0.1) is 6.04 Å². The van der Waals surface area contributed by atoms with Crippen LogP contribution in [-0.4, -0.2) is 28.6 Å². The van der Waals surface area contributed by atoms with Crippen LogP contribution < -0.4 is 10.6 Å². The van der Waals surface area contributed by atoms with E-state index in [9.17, 15) is 4.79 Å². The summed E-state index contributed by atoms with van der Waals surface area (Å²) in [6, 6.07) is 14.1. The molecule has 176 valence electrons. The van der Waals surface area contributed by atoms with Crippen LogP contribution in [-0.2, 0) is 19.5 Å². The molecule has 2 aromatic heterocycles. The van der Waals surface area contributed by atoms with Gasteiger partial charge < -0.3 is 15.2 Å². The first-order valence-corrected chi connectivity index (χ1v) is 12.9. The lowest BCUT2D eigenvalue weighted by Gasteiger charge is -2.28. The zero-order chi connectivity index (χ0) is 23.2. The molecule has 2 amide bonds. The van der Waals surface area contributed by atoms with E-state index in [1.54, 1.807) is 0 Å². The molecular weight excluding hydrogens is 428 g/mol. The number of nitrogens with zero attached hydrogens (tertiary/aromatic N) is 2. The van der Waals surface area contributed by atoms with Gasteiger partial charge in [0.15, 0.2) is 0 Å². The normalized spacial score (nSPS) is 14.8. The molecular formula is C27H36N4OS. The molecule has 4 rings (SSSR count). The highest BCUT2D eigenvalue weighted by molar-refractivity contribution is 7.15. The molecule has 0 saturated heterocycles. The van der Waals surface area contributed by atoms with Crippen LogP contribution >= 0.6 is 11.3 Å². The van der Waals surface area contributed by atoms with Crippen LogP contribution in [0.3, 0.4) is 0 Å². The minimum atomic E-state index is -0.1000. The van der Waals surface area contributed by atoms with Gasteiger partial charge in [-0.3, -0.25) is 4.90 Å². The second kappa shape index (κ2) is 11.0. The third kappa shape index (κ3) is 5.87. The van der Waals surface area contributed by atoms with Crippen molar-refractivity contribution in [2.45, 2.75) is 59.2 Å². The van der Waals surface area contributed by atoms with E-state index in [2.05, 4.69) is 65.4 Å². The molecule has 0 fully saturated rings. The van der Waals surface area contributed by atoms with Crippen LogP contribution in [0.1, 0.15) is 61.2 Å². The van der Waals surface area contributed by atoms with Crippen molar-refractivity contribution in [2.24, 2.45) is 5.92 Å². The molecule has 1 aliphatic rings. The first-order chi connectivity index (χ1) is 16.0. The Morgan fingerprint density at radius 1 is 1.09 bits per heavy atom. The molecule has 1 aromatic carbocycles. The van der Waals surface area contributed by atoms with E-state index in [0.717, 1.165) is 44.5 Å². The van der Waals surface area contributed by atoms with Gasteiger partial charge in [0.25, 0.3) is 0 Å². The molecule has 0 aliphatic carbocycles. The van der Waals surface area contributed by atoms with Crippen LogP contribution in [0.2, 0.25) is 0 Å². The highest BCUT2D eigenvalue weighted by atomic mass is 32.1. The Morgan fingerprint density at radius 2 is 1.85 bits per heavy atom. The van der Waals surface area contributed by atoms with E-state index in [-0.39, 0.29) is 12.1 Å². The second-order valence-corrected chi connectivity index (χ2v) is 10.4. The fourth-order valence-electron chi connectivity index (χ4n) is 4.53. The molecule has 3 heterocycles. The van der Waals surface area contributed by atoms with Crippen LogP contribution in [0.5, 0.6) is 0 Å². The zero-order valence-electron chi connectivity index (χ0n) is 20.0. The number of nitrogens with one attached hydrogen (secondary N) is 2. The zero-order valence-corrected chi connectivity index (χ0v) is 20.8. The number of carbonyl (C=O) groups is 1. The van der Waals surface area contributed by atoms with Crippen molar-refractivity contribution < 1.29 is 4.79 Å². The Balaban J connectivity index is 1.62. The largest absolute Gasteiger partial charge is 0.334 e. The van der Waals surface area contributed by atoms with Gasteiger partial charge in [0, 0.05) is 42.5 Å². The molecule has 0 radical (unpaired) electrons. The Morgan fingerprint density at radius 3 is 2.55 bits per heavy atom. The van der Waals surface area contributed by atoms with Crippen molar-refractivity contribution in [1.29, 1.82) is 0 Å². The number of rotatable bonds is 9. The van der Waals surface area contributed by atoms with E-state index in [0.29, 0.717) is 12.5 Å². The quantitative estimate of drug-likeness (QED) is 0.415. The summed E-state index contributed by atoms with van der Waals surface area (Å²) in [6.45, 7) is 10.4. The third-order valence-corrected chi connectivity index (χ3v) is 7.67. The number of urea groups is 1.